The Balaban J connectivity index is 0.971. The van der Waals surface area contributed by atoms with Crippen molar-refractivity contribution in [2.24, 2.45) is 47.3 Å². The number of anilines is 1. The first-order chi connectivity index (χ1) is 40.1. The third-order valence-electron chi connectivity index (χ3n) is 22.9. The minimum absolute atomic E-state index is 0.00666. The molecule has 1 saturated heterocycles. The molecule has 13 heteroatoms. The zero-order valence-electron chi connectivity index (χ0n) is 48.0. The molecule has 7 N–H and O–H groups in total. The second-order valence-electron chi connectivity index (χ2n) is 27.8. The van der Waals surface area contributed by atoms with E-state index in [0.29, 0.717) is 58.5 Å². The Morgan fingerprint density at radius 2 is 1.54 bits per heavy atom. The number of carbonyl (C=O) groups is 3. The number of β-amino-alcohol motifs (C(OH)–C–C–N with tert-alkyl or cyclic N) is 1. The topological polar surface area (TPSA) is 212 Å². The molecule has 17 unspecified atom stereocenters. The van der Waals surface area contributed by atoms with Gasteiger partial charge in [-0.05, 0) is 171 Å². The summed E-state index contributed by atoms with van der Waals surface area (Å²) in [4.78, 5) is 44.5. The standard InChI is InChI=1S/C70H83NO12/c1-69(79)36-71-58-31-44(26-48(35-72)52(58)29-45-25-43-14-8-15-50-51(45)34-60(67(69)77)81-65(43)50)40-17-18-41-33-62(75)83-66-53(41)30-46(64(76)63(66)39-11-3-2-4-12-39)32-61-70(80)56-16-6-5-13-42(56)28-54-55(59(74)20-19-57(54)70)23-38-10-7-9-37(21-38)22-49(73)27-47(24-40)68(78)82-61/h7,9-10,21,26-27,29-31,39-43,49-51,54-57,60-61,65,67,71-73,76-77,79-80H,2-6,8,11-16,19-20,22-25,28,32-36H2,1H3. The molecule has 6 aliphatic carbocycles. The van der Waals surface area contributed by atoms with E-state index in [-0.39, 0.29) is 116 Å². The quantitative estimate of drug-likeness (QED) is 0.0741. The molecule has 15 bridgehead atoms. The number of allylic oxidation sites excluding steroid dienone is 1. The number of phenols is 1. The summed E-state index contributed by atoms with van der Waals surface area (Å²) >= 11 is 0. The van der Waals surface area contributed by atoms with Gasteiger partial charge in [-0.25, -0.2) is 4.79 Å². The highest BCUT2D eigenvalue weighted by molar-refractivity contribution is 5.89. The number of nitrogens with one attached hydrogen (secondary N) is 1. The number of esters is 2. The van der Waals surface area contributed by atoms with Gasteiger partial charge in [0.2, 0.25) is 0 Å². The van der Waals surface area contributed by atoms with Gasteiger partial charge < -0.3 is 50.2 Å². The minimum atomic E-state index is -1.62. The number of aliphatic hydroxyl groups excluding tert-OH is 3. The van der Waals surface area contributed by atoms with Crippen molar-refractivity contribution in [1.29, 1.82) is 0 Å². The maximum absolute atomic E-state index is 16.0. The number of Topliss-reactive ketones (excluding diaryl/α,β-unsaturated/α-hetero) is 1. The molecule has 0 amide bonds. The number of carbonyl (C=O) groups excluding carboxylic acids is 3. The number of phenolic OH excluding ortho intramolecular Hbond substituents is 1. The molecule has 17 atom stereocenters. The number of ether oxygens (including phenoxy) is 3. The average Bonchev–Trinajstić information content (AvgIpc) is 2.75. The van der Waals surface area contributed by atoms with E-state index in [9.17, 15) is 40.2 Å². The zero-order valence-corrected chi connectivity index (χ0v) is 48.0. The number of benzene rings is 3. The van der Waals surface area contributed by atoms with Crippen molar-refractivity contribution in [2.45, 2.75) is 214 Å². The van der Waals surface area contributed by atoms with Gasteiger partial charge in [0.1, 0.15) is 40.7 Å². The van der Waals surface area contributed by atoms with E-state index in [4.69, 9.17) is 14.2 Å². The number of rotatable bonds is 3. The van der Waals surface area contributed by atoms with Gasteiger partial charge in [0.05, 0.1) is 37.3 Å². The molecule has 0 radical (unpaired) electrons. The largest absolute Gasteiger partial charge is 0.507 e. The number of hydrogen-bond acceptors (Lipinski definition) is 13. The van der Waals surface area contributed by atoms with Crippen LogP contribution in [0.2, 0.25) is 0 Å². The second kappa shape index (κ2) is 21.9. The van der Waals surface area contributed by atoms with E-state index in [1.54, 1.807) is 13.0 Å². The lowest BCUT2D eigenvalue weighted by atomic mass is 9.48. The van der Waals surface area contributed by atoms with E-state index in [0.717, 1.165) is 107 Å². The van der Waals surface area contributed by atoms with Crippen molar-refractivity contribution in [3.8, 4) is 23.3 Å². The molecule has 83 heavy (non-hydrogen) atoms. The summed E-state index contributed by atoms with van der Waals surface area (Å²) in [5.41, 5.74) is 4.33. The van der Waals surface area contributed by atoms with Crippen LogP contribution < -0.4 is 10.1 Å². The highest BCUT2D eigenvalue weighted by Crippen LogP contribution is 2.60. The summed E-state index contributed by atoms with van der Waals surface area (Å²) in [6, 6.07) is 13.8. The Bertz CT molecular complexity index is 3210. The summed E-state index contributed by atoms with van der Waals surface area (Å²) in [6.07, 6.45) is 14.2. The van der Waals surface area contributed by atoms with E-state index in [1.165, 1.54) is 5.57 Å². The highest BCUT2D eigenvalue weighted by Gasteiger charge is 2.63. The van der Waals surface area contributed by atoms with Gasteiger partial charge in [-0.1, -0.05) is 98.8 Å². The number of ketones is 1. The van der Waals surface area contributed by atoms with Crippen molar-refractivity contribution in [2.75, 3.05) is 11.9 Å². The highest BCUT2D eigenvalue weighted by atomic mass is 16.6. The van der Waals surface area contributed by atoms with Crippen molar-refractivity contribution in [3.63, 3.8) is 0 Å². The van der Waals surface area contributed by atoms with Gasteiger partial charge in [0.15, 0.2) is 0 Å². The molecule has 0 spiro atoms. The minimum Gasteiger partial charge on any atom is -0.507 e. The number of aliphatic hydroxyl groups is 5. The molecule has 5 heterocycles. The van der Waals surface area contributed by atoms with E-state index >= 15 is 4.79 Å². The predicted molar refractivity (Wildman–Crippen MR) is 311 cm³/mol. The fourth-order valence-electron chi connectivity index (χ4n) is 18.9. The van der Waals surface area contributed by atoms with Gasteiger partial charge >= 0.3 is 11.9 Å². The van der Waals surface area contributed by atoms with Crippen molar-refractivity contribution >= 4 is 29.5 Å². The Morgan fingerprint density at radius 3 is 2.37 bits per heavy atom. The first-order valence-corrected chi connectivity index (χ1v) is 31.9. The smallest absolute Gasteiger partial charge is 0.334 e. The first-order valence-electron chi connectivity index (χ1n) is 31.9. The lowest BCUT2D eigenvalue weighted by Gasteiger charge is -2.59. The summed E-state index contributed by atoms with van der Waals surface area (Å²) in [7, 11) is 0. The molecule has 7 fully saturated rings. The molecule has 13 nitrogen and oxygen atoms in total. The molecule has 11 aliphatic rings. The predicted octanol–water partition coefficient (Wildman–Crippen LogP) is 9.72. The van der Waals surface area contributed by atoms with Crippen molar-refractivity contribution < 1.29 is 59.2 Å². The fraction of sp³-hybridized carbons (Fsp3) is 0.614. The second-order valence-corrected chi connectivity index (χ2v) is 27.8. The monoisotopic (exact) mass is 1130 g/mol. The van der Waals surface area contributed by atoms with Gasteiger partial charge in [-0.15, -0.1) is 0 Å². The molecule has 0 aromatic heterocycles. The molecule has 14 rings (SSSR count). The summed E-state index contributed by atoms with van der Waals surface area (Å²) in [5, 5.41) is 78.9. The number of aromatic hydroxyl groups is 1. The Kier molecular flexibility index (Phi) is 14.6. The van der Waals surface area contributed by atoms with Crippen LogP contribution in [-0.2, 0) is 49.7 Å². The number of hydrogen-bond donors (Lipinski definition) is 7. The number of fused-ring (bicyclic) bond motifs is 11. The Morgan fingerprint density at radius 1 is 0.759 bits per heavy atom. The molecule has 5 aliphatic heterocycles. The molecule has 6 saturated carbocycles. The van der Waals surface area contributed by atoms with Crippen molar-refractivity contribution in [3.05, 3.63) is 104 Å². The zero-order chi connectivity index (χ0) is 57.1. The molecule has 3 aromatic rings. The van der Waals surface area contributed by atoms with Crippen LogP contribution in [0.4, 0.5) is 5.69 Å². The summed E-state index contributed by atoms with van der Waals surface area (Å²) in [5.74, 6) is 4.34. The van der Waals surface area contributed by atoms with E-state index in [1.807, 2.05) is 36.4 Å². The first kappa shape index (κ1) is 55.5. The maximum Gasteiger partial charge on any atom is 0.334 e. The van der Waals surface area contributed by atoms with Gasteiger partial charge in [-0.2, -0.15) is 0 Å². The normalized spacial score (nSPS) is 38.6. The van der Waals surface area contributed by atoms with Crippen molar-refractivity contribution in [1.82, 2.24) is 0 Å². The van der Waals surface area contributed by atoms with Crippen LogP contribution >= 0.6 is 0 Å². The third-order valence-corrected chi connectivity index (χ3v) is 22.9. The van der Waals surface area contributed by atoms with Gasteiger partial charge in [0, 0.05) is 65.6 Å². The van der Waals surface area contributed by atoms with Crippen LogP contribution in [-0.4, -0.2) is 96.6 Å². The van der Waals surface area contributed by atoms with Crippen LogP contribution in [0.1, 0.15) is 191 Å². The van der Waals surface area contributed by atoms with Gasteiger partial charge in [0.25, 0.3) is 0 Å². The molecule has 440 valence electrons. The lowest BCUT2D eigenvalue weighted by molar-refractivity contribution is -0.228. The van der Waals surface area contributed by atoms with E-state index in [2.05, 4.69) is 29.3 Å². The van der Waals surface area contributed by atoms with E-state index < -0.39 is 65.3 Å². The Labute approximate surface area is 487 Å². The summed E-state index contributed by atoms with van der Waals surface area (Å²) < 4.78 is 20.1. The SMILES string of the molecule is CC1(O)CNc2cc(C3C#CC4CC(=O)Oc5c4cc(c(O)c5C4CCCCC4)CC4OC(=O)C(=CC(O)Cc5cccc(c5)CC5C(=O)CCC6C5CC5CCCCC5C46O)C3)cc(CO)c2C=C2CC3CCCC4C2CC(OC34)C1O. The van der Waals surface area contributed by atoms with Crippen LogP contribution in [0.3, 0.4) is 0 Å². The third kappa shape index (κ3) is 9.91. The van der Waals surface area contributed by atoms with Crippen LogP contribution in [0.15, 0.2) is 59.7 Å². The van der Waals surface area contributed by atoms with Crippen LogP contribution in [0.25, 0.3) is 6.08 Å². The Hall–Kier alpha value is -5.33. The van der Waals surface area contributed by atoms with Crippen LogP contribution in [0.5, 0.6) is 11.5 Å². The molecular weight excluding hydrogens is 1050 g/mol. The fourth-order valence-corrected chi connectivity index (χ4v) is 18.9. The molecule has 3 aromatic carbocycles. The maximum atomic E-state index is 16.0. The molecular formula is C70H83NO12. The van der Waals surface area contributed by atoms with Crippen LogP contribution in [0, 0.1) is 59.2 Å². The van der Waals surface area contributed by atoms with Gasteiger partial charge in [-0.3, -0.25) is 9.59 Å². The average molecular weight is 1130 g/mol. The lowest BCUT2D eigenvalue weighted by Crippen LogP contribution is -2.65. The summed E-state index contributed by atoms with van der Waals surface area (Å²) in [6.45, 7) is 1.24.